The van der Waals surface area contributed by atoms with Gasteiger partial charge < -0.3 is 10.1 Å². The minimum absolute atomic E-state index is 0.0330. The van der Waals surface area contributed by atoms with Crippen molar-refractivity contribution in [3.63, 3.8) is 0 Å². The average Bonchev–Trinajstić information content (AvgIpc) is 2.68. The first-order valence-corrected chi connectivity index (χ1v) is 3.82. The van der Waals surface area contributed by atoms with Crippen LogP contribution in [0.2, 0.25) is 0 Å². The Kier molecular flexibility index (Phi) is 1.94. The maximum absolute atomic E-state index is 10.5. The first-order valence-electron chi connectivity index (χ1n) is 3.82. The Morgan fingerprint density at radius 2 is 2.14 bits per heavy atom. The van der Waals surface area contributed by atoms with E-state index in [1.54, 1.807) is 0 Å². The zero-order valence-electron chi connectivity index (χ0n) is 7.01. The Morgan fingerprint density at radius 1 is 1.29 bits per heavy atom. The molecule has 2 heterocycles. The molecular weight excluding hydrogens is 184 g/mol. The Labute approximate surface area is 78.7 Å². The molecule has 2 rings (SSSR count). The highest BCUT2D eigenvalue weighted by atomic mass is 16.4. The second-order valence-corrected chi connectivity index (χ2v) is 2.54. The van der Waals surface area contributed by atoms with E-state index < -0.39 is 5.97 Å². The lowest BCUT2D eigenvalue weighted by atomic mass is 10.4. The van der Waals surface area contributed by atoms with Gasteiger partial charge in [0, 0.05) is 12.4 Å². The van der Waals surface area contributed by atoms with Crippen LogP contribution in [0.5, 0.6) is 0 Å². The summed E-state index contributed by atoms with van der Waals surface area (Å²) in [6, 6.07) is 0. The Bertz CT molecular complexity index is 451. The number of imidazole rings is 1. The summed E-state index contributed by atoms with van der Waals surface area (Å²) in [5, 5.41) is 8.64. The highest BCUT2D eigenvalue weighted by molar-refractivity contribution is 5.85. The molecular formula is C8H6N4O2. The fraction of sp³-hybridized carbons (Fsp3) is 0. The van der Waals surface area contributed by atoms with Crippen molar-refractivity contribution in [2.75, 3.05) is 0 Å². The highest BCUT2D eigenvalue weighted by Gasteiger charge is 2.08. The van der Waals surface area contributed by atoms with Gasteiger partial charge in [-0.3, -0.25) is 4.98 Å². The molecule has 6 heteroatoms. The number of aromatic carboxylic acids is 1. The van der Waals surface area contributed by atoms with Crippen LogP contribution in [-0.2, 0) is 0 Å². The molecule has 0 saturated heterocycles. The Hall–Kier alpha value is -2.24. The van der Waals surface area contributed by atoms with Gasteiger partial charge in [0.1, 0.15) is 11.4 Å². The average molecular weight is 190 g/mol. The molecule has 0 saturated carbocycles. The van der Waals surface area contributed by atoms with Crippen molar-refractivity contribution in [3.8, 4) is 11.5 Å². The van der Waals surface area contributed by atoms with Crippen molar-refractivity contribution in [3.05, 3.63) is 30.5 Å². The van der Waals surface area contributed by atoms with Gasteiger partial charge >= 0.3 is 5.97 Å². The molecule has 2 aromatic rings. The van der Waals surface area contributed by atoms with Crippen LogP contribution in [0, 0.1) is 0 Å². The number of rotatable bonds is 2. The number of aromatic nitrogens is 4. The van der Waals surface area contributed by atoms with Gasteiger partial charge in [0.2, 0.25) is 0 Å². The van der Waals surface area contributed by atoms with Gasteiger partial charge in [0.25, 0.3) is 0 Å². The van der Waals surface area contributed by atoms with Gasteiger partial charge in [-0.15, -0.1) is 0 Å². The van der Waals surface area contributed by atoms with Crippen LogP contribution in [0.1, 0.15) is 10.5 Å². The first-order chi connectivity index (χ1) is 6.77. The molecule has 70 valence electrons. The molecule has 0 fully saturated rings. The Morgan fingerprint density at radius 3 is 2.71 bits per heavy atom. The topological polar surface area (TPSA) is 91.8 Å². The number of carboxylic acid groups (broad SMARTS) is 1. The number of carboxylic acids is 1. The van der Waals surface area contributed by atoms with Gasteiger partial charge in [0.05, 0.1) is 12.4 Å². The van der Waals surface area contributed by atoms with Crippen molar-refractivity contribution in [1.82, 2.24) is 19.9 Å². The minimum Gasteiger partial charge on any atom is -0.477 e. The van der Waals surface area contributed by atoms with E-state index in [9.17, 15) is 4.79 Å². The van der Waals surface area contributed by atoms with E-state index in [1.807, 2.05) is 0 Å². The maximum atomic E-state index is 10.5. The molecule has 0 unspecified atom stereocenters. The lowest BCUT2D eigenvalue weighted by Crippen LogP contribution is -1.95. The summed E-state index contributed by atoms with van der Waals surface area (Å²) in [6.07, 6.45) is 5.79. The van der Waals surface area contributed by atoms with E-state index >= 15 is 0 Å². The molecule has 0 amide bonds. The predicted octanol–water partition coefficient (Wildman–Crippen LogP) is 0.565. The first kappa shape index (κ1) is 8.36. The third kappa shape index (κ3) is 1.45. The molecule has 0 aliphatic rings. The summed E-state index contributed by atoms with van der Waals surface area (Å²) >= 11 is 0. The number of nitrogens with zero attached hydrogens (tertiary/aromatic N) is 3. The van der Waals surface area contributed by atoms with E-state index in [4.69, 9.17) is 5.11 Å². The van der Waals surface area contributed by atoms with E-state index in [2.05, 4.69) is 19.9 Å². The molecule has 0 spiro atoms. The summed E-state index contributed by atoms with van der Waals surface area (Å²) in [5.74, 6) is -0.650. The van der Waals surface area contributed by atoms with E-state index in [0.29, 0.717) is 11.5 Å². The van der Waals surface area contributed by atoms with Crippen LogP contribution < -0.4 is 0 Å². The third-order valence-electron chi connectivity index (χ3n) is 1.61. The number of aromatic amines is 1. The SMILES string of the molecule is O=C(O)c1cnc(-c2cnccn2)[nH]1. The zero-order chi connectivity index (χ0) is 9.97. The van der Waals surface area contributed by atoms with E-state index in [-0.39, 0.29) is 5.69 Å². The highest BCUT2D eigenvalue weighted by Crippen LogP contribution is 2.10. The Balaban J connectivity index is 2.39. The monoisotopic (exact) mass is 190 g/mol. The summed E-state index contributed by atoms with van der Waals surface area (Å²) in [5.41, 5.74) is 0.547. The van der Waals surface area contributed by atoms with Crippen LogP contribution in [0.15, 0.2) is 24.8 Å². The van der Waals surface area contributed by atoms with E-state index in [1.165, 1.54) is 24.8 Å². The molecule has 2 aromatic heterocycles. The third-order valence-corrected chi connectivity index (χ3v) is 1.61. The maximum Gasteiger partial charge on any atom is 0.353 e. The summed E-state index contributed by atoms with van der Waals surface area (Å²) < 4.78 is 0. The summed E-state index contributed by atoms with van der Waals surface area (Å²) in [6.45, 7) is 0. The summed E-state index contributed by atoms with van der Waals surface area (Å²) in [7, 11) is 0. The molecule has 0 aliphatic carbocycles. The second kappa shape index (κ2) is 3.25. The van der Waals surface area contributed by atoms with Gasteiger partial charge in [-0.05, 0) is 0 Å². The van der Waals surface area contributed by atoms with Gasteiger partial charge in [0.15, 0.2) is 5.82 Å². The van der Waals surface area contributed by atoms with Gasteiger partial charge in [-0.25, -0.2) is 14.8 Å². The second-order valence-electron chi connectivity index (χ2n) is 2.54. The van der Waals surface area contributed by atoms with Crippen molar-refractivity contribution in [1.29, 1.82) is 0 Å². The largest absolute Gasteiger partial charge is 0.477 e. The standard InChI is InChI=1S/C8H6N4O2/c13-8(14)6-4-11-7(12-6)5-3-9-1-2-10-5/h1-4H,(H,11,12)(H,13,14). The molecule has 0 bridgehead atoms. The fourth-order valence-corrected chi connectivity index (χ4v) is 0.981. The number of nitrogens with one attached hydrogen (secondary N) is 1. The van der Waals surface area contributed by atoms with Crippen molar-refractivity contribution >= 4 is 5.97 Å². The smallest absolute Gasteiger partial charge is 0.353 e. The molecule has 0 atom stereocenters. The van der Waals surface area contributed by atoms with Gasteiger partial charge in [-0.1, -0.05) is 0 Å². The lowest BCUT2D eigenvalue weighted by molar-refractivity contribution is 0.0691. The molecule has 0 radical (unpaired) electrons. The molecule has 2 N–H and O–H groups in total. The van der Waals surface area contributed by atoms with Crippen molar-refractivity contribution in [2.45, 2.75) is 0 Å². The lowest BCUT2D eigenvalue weighted by Gasteiger charge is -1.92. The number of carbonyl (C=O) groups is 1. The van der Waals surface area contributed by atoms with Crippen LogP contribution in [0.25, 0.3) is 11.5 Å². The number of hydrogen-bond donors (Lipinski definition) is 2. The van der Waals surface area contributed by atoms with Crippen LogP contribution in [-0.4, -0.2) is 31.0 Å². The molecule has 0 aromatic carbocycles. The van der Waals surface area contributed by atoms with Crippen molar-refractivity contribution in [2.24, 2.45) is 0 Å². The fourth-order valence-electron chi connectivity index (χ4n) is 0.981. The summed E-state index contributed by atoms with van der Waals surface area (Å²) in [4.78, 5) is 24.8. The van der Waals surface area contributed by atoms with Gasteiger partial charge in [-0.2, -0.15) is 0 Å². The number of hydrogen-bond acceptors (Lipinski definition) is 4. The number of H-pyrrole nitrogens is 1. The van der Waals surface area contributed by atoms with Crippen molar-refractivity contribution < 1.29 is 9.90 Å². The molecule has 14 heavy (non-hydrogen) atoms. The quantitative estimate of drug-likeness (QED) is 0.722. The molecule has 0 aliphatic heterocycles. The predicted molar refractivity (Wildman–Crippen MR) is 46.6 cm³/mol. The van der Waals surface area contributed by atoms with Crippen LogP contribution in [0.4, 0.5) is 0 Å². The molecule has 6 nitrogen and oxygen atoms in total. The minimum atomic E-state index is -1.05. The van der Waals surface area contributed by atoms with Crippen LogP contribution >= 0.6 is 0 Å². The zero-order valence-corrected chi connectivity index (χ0v) is 7.01. The normalized spacial score (nSPS) is 10.0. The van der Waals surface area contributed by atoms with E-state index in [0.717, 1.165) is 0 Å². The van der Waals surface area contributed by atoms with Crippen LogP contribution in [0.3, 0.4) is 0 Å².